The second-order valence-electron chi connectivity index (χ2n) is 7.74. The smallest absolute Gasteiger partial charge is 0.336 e. The molecule has 0 atom stereocenters. The van der Waals surface area contributed by atoms with Crippen molar-refractivity contribution in [3.63, 3.8) is 0 Å². The summed E-state index contributed by atoms with van der Waals surface area (Å²) in [4.78, 5) is 17.0. The Morgan fingerprint density at radius 2 is 1.83 bits per heavy atom. The van der Waals surface area contributed by atoms with Gasteiger partial charge in [-0.2, -0.15) is 18.3 Å². The van der Waals surface area contributed by atoms with Crippen LogP contribution < -0.4 is 0 Å². The number of aromatic amines is 1. The molecule has 2 aromatic carbocycles. The molecule has 1 aliphatic rings. The lowest BCUT2D eigenvalue weighted by Crippen LogP contribution is -2.35. The number of rotatable bonds is 3. The van der Waals surface area contributed by atoms with Gasteiger partial charge >= 0.3 is 6.18 Å². The Hall–Kier alpha value is -2.87. The first-order valence-electron chi connectivity index (χ1n) is 9.94. The van der Waals surface area contributed by atoms with Gasteiger partial charge in [0.1, 0.15) is 0 Å². The maximum atomic E-state index is 13.1. The average Bonchev–Trinajstić information content (AvgIpc) is 2.98. The Kier molecular flexibility index (Phi) is 5.51. The molecule has 0 radical (unpaired) electrons. The first kappa shape index (κ1) is 20.4. The second-order valence-corrected chi connectivity index (χ2v) is 7.74. The van der Waals surface area contributed by atoms with Crippen LogP contribution in [0.4, 0.5) is 13.2 Å². The van der Waals surface area contributed by atoms with Gasteiger partial charge in [0.2, 0.25) is 0 Å². The molecule has 0 bridgehead atoms. The summed E-state index contributed by atoms with van der Waals surface area (Å²) in [6.45, 7) is 5.16. The highest BCUT2D eigenvalue weighted by Crippen LogP contribution is 2.29. The lowest BCUT2D eigenvalue weighted by Gasteiger charge is -2.22. The summed E-state index contributed by atoms with van der Waals surface area (Å²) in [7, 11) is 0. The van der Waals surface area contributed by atoms with E-state index in [1.807, 2.05) is 30.0 Å². The number of aromatic nitrogens is 2. The van der Waals surface area contributed by atoms with Gasteiger partial charge < -0.3 is 4.90 Å². The molecule has 1 amide bonds. The number of carbonyl (C=O) groups excluding carboxylic acids is 1. The monoisotopic (exact) mass is 416 g/mol. The van der Waals surface area contributed by atoms with Crippen molar-refractivity contribution in [2.45, 2.75) is 26.1 Å². The molecule has 1 saturated heterocycles. The molecule has 1 aromatic heterocycles. The fraction of sp³-hybridized carbons (Fsp3) is 0.364. The van der Waals surface area contributed by atoms with Crippen LogP contribution in [0.3, 0.4) is 0 Å². The zero-order valence-electron chi connectivity index (χ0n) is 16.7. The van der Waals surface area contributed by atoms with Crippen molar-refractivity contribution in [3.05, 3.63) is 64.8 Å². The molecule has 0 spiro atoms. The Balaban J connectivity index is 1.41. The number of nitrogens with zero attached hydrogens (tertiary/aromatic N) is 3. The largest absolute Gasteiger partial charge is 0.416 e. The average molecular weight is 416 g/mol. The van der Waals surface area contributed by atoms with Crippen molar-refractivity contribution in [2.24, 2.45) is 0 Å². The van der Waals surface area contributed by atoms with Crippen molar-refractivity contribution in [1.82, 2.24) is 20.0 Å². The van der Waals surface area contributed by atoms with Crippen LogP contribution in [0.25, 0.3) is 10.9 Å². The number of carbonyl (C=O) groups is 1. The van der Waals surface area contributed by atoms with Gasteiger partial charge in [0.15, 0.2) is 5.69 Å². The van der Waals surface area contributed by atoms with Crippen LogP contribution in [0.1, 0.15) is 33.6 Å². The van der Waals surface area contributed by atoms with Crippen LogP contribution in [-0.4, -0.2) is 52.1 Å². The minimum atomic E-state index is -4.32. The summed E-state index contributed by atoms with van der Waals surface area (Å²) in [5.74, 6) is -0.0942. The lowest BCUT2D eigenvalue weighted by atomic mass is 10.1. The van der Waals surface area contributed by atoms with E-state index in [1.54, 1.807) is 0 Å². The molecule has 5 nitrogen and oxygen atoms in total. The second kappa shape index (κ2) is 8.10. The molecule has 1 fully saturated rings. The summed E-state index contributed by atoms with van der Waals surface area (Å²) in [5, 5.41) is 7.98. The minimum Gasteiger partial charge on any atom is -0.336 e. The number of halogens is 3. The number of benzene rings is 2. The van der Waals surface area contributed by atoms with Gasteiger partial charge in [-0.15, -0.1) is 0 Å². The molecule has 0 aliphatic carbocycles. The molecule has 0 saturated carbocycles. The topological polar surface area (TPSA) is 52.2 Å². The maximum absolute atomic E-state index is 13.1. The number of fused-ring (bicyclic) bond motifs is 1. The molecule has 2 heterocycles. The van der Waals surface area contributed by atoms with E-state index >= 15 is 0 Å². The number of aryl methyl sites for hydroxylation is 1. The van der Waals surface area contributed by atoms with E-state index in [1.165, 1.54) is 12.1 Å². The Morgan fingerprint density at radius 1 is 1.07 bits per heavy atom. The minimum absolute atomic E-state index is 0.0942. The van der Waals surface area contributed by atoms with Crippen LogP contribution in [0.2, 0.25) is 0 Å². The highest BCUT2D eigenvalue weighted by Gasteiger charge is 2.30. The number of alkyl halides is 3. The Labute approximate surface area is 172 Å². The lowest BCUT2D eigenvalue weighted by molar-refractivity contribution is -0.137. The predicted octanol–water partition coefficient (Wildman–Crippen LogP) is 4.24. The number of amides is 1. The number of H-pyrrole nitrogens is 1. The third-order valence-corrected chi connectivity index (χ3v) is 5.48. The van der Waals surface area contributed by atoms with Crippen LogP contribution in [-0.2, 0) is 12.7 Å². The number of hydrogen-bond acceptors (Lipinski definition) is 3. The first-order chi connectivity index (χ1) is 14.3. The zero-order chi connectivity index (χ0) is 21.3. The van der Waals surface area contributed by atoms with E-state index in [9.17, 15) is 18.0 Å². The Morgan fingerprint density at radius 3 is 2.57 bits per heavy atom. The Bertz CT molecular complexity index is 1040. The highest BCUT2D eigenvalue weighted by molar-refractivity contribution is 6.04. The van der Waals surface area contributed by atoms with E-state index < -0.39 is 11.7 Å². The van der Waals surface area contributed by atoms with Crippen molar-refractivity contribution >= 4 is 16.8 Å². The van der Waals surface area contributed by atoms with Gasteiger partial charge in [0, 0.05) is 38.1 Å². The van der Waals surface area contributed by atoms with E-state index in [-0.39, 0.29) is 5.91 Å². The molecule has 8 heteroatoms. The summed E-state index contributed by atoms with van der Waals surface area (Å²) in [6, 6.07) is 11.1. The van der Waals surface area contributed by atoms with Gasteiger partial charge in [0.05, 0.1) is 11.1 Å². The molecule has 3 aromatic rings. The summed E-state index contributed by atoms with van der Waals surface area (Å²) in [6.07, 6.45) is -3.52. The van der Waals surface area contributed by atoms with Crippen LogP contribution in [0, 0.1) is 6.92 Å². The molecular formula is C22H23F3N4O. The van der Waals surface area contributed by atoms with Crippen molar-refractivity contribution < 1.29 is 18.0 Å². The fourth-order valence-corrected chi connectivity index (χ4v) is 3.83. The van der Waals surface area contributed by atoms with Crippen LogP contribution in [0.15, 0.2) is 42.5 Å². The molecule has 1 aliphatic heterocycles. The number of nitrogens with one attached hydrogen (secondary N) is 1. The first-order valence-corrected chi connectivity index (χ1v) is 9.94. The number of hydrogen-bond donors (Lipinski definition) is 1. The van der Waals surface area contributed by atoms with Gasteiger partial charge in [0.25, 0.3) is 5.91 Å². The van der Waals surface area contributed by atoms with E-state index in [0.717, 1.165) is 47.1 Å². The van der Waals surface area contributed by atoms with Gasteiger partial charge in [-0.05, 0) is 43.2 Å². The van der Waals surface area contributed by atoms with Gasteiger partial charge in [-0.25, -0.2) is 0 Å². The van der Waals surface area contributed by atoms with E-state index in [0.29, 0.717) is 31.9 Å². The SMILES string of the molecule is Cc1ccc2[nH]nc(C(=O)N3CCCN(Cc4ccc(C(F)(F)F)cc4)CC3)c2c1. The fourth-order valence-electron chi connectivity index (χ4n) is 3.83. The van der Waals surface area contributed by atoms with E-state index in [2.05, 4.69) is 15.1 Å². The third-order valence-electron chi connectivity index (χ3n) is 5.48. The molecule has 1 N–H and O–H groups in total. The van der Waals surface area contributed by atoms with Gasteiger partial charge in [-0.3, -0.25) is 14.8 Å². The van der Waals surface area contributed by atoms with Crippen LogP contribution >= 0.6 is 0 Å². The molecule has 158 valence electrons. The summed E-state index contributed by atoms with van der Waals surface area (Å²) >= 11 is 0. The normalized spacial score (nSPS) is 16.1. The molecule has 30 heavy (non-hydrogen) atoms. The quantitative estimate of drug-likeness (QED) is 0.695. The van der Waals surface area contributed by atoms with Crippen LogP contribution in [0.5, 0.6) is 0 Å². The van der Waals surface area contributed by atoms with Crippen molar-refractivity contribution in [3.8, 4) is 0 Å². The summed E-state index contributed by atoms with van der Waals surface area (Å²) in [5.41, 5.74) is 2.53. The van der Waals surface area contributed by atoms with Crippen molar-refractivity contribution in [2.75, 3.05) is 26.2 Å². The molecule has 0 unspecified atom stereocenters. The zero-order valence-corrected chi connectivity index (χ0v) is 16.7. The maximum Gasteiger partial charge on any atom is 0.416 e. The standard InChI is InChI=1S/C22H23F3N4O/c1-15-3-8-19-18(13-15)20(27-26-19)21(30)29-10-2-9-28(11-12-29)14-16-4-6-17(7-5-16)22(23,24)25/h3-8,13H,2,9-12,14H2,1H3,(H,26,27). The third kappa shape index (κ3) is 4.33. The predicted molar refractivity (Wildman–Crippen MR) is 108 cm³/mol. The van der Waals surface area contributed by atoms with E-state index in [4.69, 9.17) is 0 Å². The van der Waals surface area contributed by atoms with Gasteiger partial charge in [-0.1, -0.05) is 23.8 Å². The molecule has 4 rings (SSSR count). The summed E-state index contributed by atoms with van der Waals surface area (Å²) < 4.78 is 38.2. The highest BCUT2D eigenvalue weighted by atomic mass is 19.4. The molecular weight excluding hydrogens is 393 g/mol. The van der Waals surface area contributed by atoms with Crippen molar-refractivity contribution in [1.29, 1.82) is 0 Å².